The molecule has 6 nitrogen and oxygen atoms in total. The van der Waals surface area contributed by atoms with Crippen molar-refractivity contribution in [1.82, 2.24) is 0 Å². The summed E-state index contributed by atoms with van der Waals surface area (Å²) in [4.78, 5) is 23.8. The summed E-state index contributed by atoms with van der Waals surface area (Å²) in [6.45, 7) is 3.69. The van der Waals surface area contributed by atoms with Gasteiger partial charge in [-0.2, -0.15) is 0 Å². The normalized spacial score (nSPS) is 17.7. The van der Waals surface area contributed by atoms with Crippen molar-refractivity contribution in [3.63, 3.8) is 0 Å². The Morgan fingerprint density at radius 2 is 2.03 bits per heavy atom. The zero-order valence-corrected chi connectivity index (χ0v) is 16.0. The Morgan fingerprint density at radius 1 is 1.21 bits per heavy atom. The first-order chi connectivity index (χ1) is 13.8. The SMILES string of the molecule is CC1(C)Oc2cc3oc(=O)ccc3cc2C[C@H]1OC(=O)C=Cc1cccc(O)c1. The van der Waals surface area contributed by atoms with Crippen LogP contribution in [-0.4, -0.2) is 22.8 Å². The van der Waals surface area contributed by atoms with Crippen LogP contribution >= 0.6 is 0 Å². The fourth-order valence-corrected chi connectivity index (χ4v) is 3.35. The molecule has 4 rings (SSSR count). The maximum absolute atomic E-state index is 12.3. The number of phenolic OH excluding ortho intramolecular Hbond substituents is 1. The van der Waals surface area contributed by atoms with Gasteiger partial charge in [0.2, 0.25) is 0 Å². The average Bonchev–Trinajstić information content (AvgIpc) is 2.65. The summed E-state index contributed by atoms with van der Waals surface area (Å²) >= 11 is 0. The van der Waals surface area contributed by atoms with Gasteiger partial charge in [0.25, 0.3) is 0 Å². The first-order valence-electron chi connectivity index (χ1n) is 9.24. The molecule has 0 bridgehead atoms. The van der Waals surface area contributed by atoms with Gasteiger partial charge in [-0.25, -0.2) is 9.59 Å². The molecule has 0 fully saturated rings. The van der Waals surface area contributed by atoms with Crippen LogP contribution in [-0.2, 0) is 16.0 Å². The number of hydrogen-bond acceptors (Lipinski definition) is 6. The van der Waals surface area contributed by atoms with Gasteiger partial charge < -0.3 is 19.0 Å². The maximum atomic E-state index is 12.3. The zero-order valence-electron chi connectivity index (χ0n) is 16.0. The van der Waals surface area contributed by atoms with Crippen LogP contribution < -0.4 is 10.4 Å². The highest BCUT2D eigenvalue weighted by Gasteiger charge is 2.39. The van der Waals surface area contributed by atoms with Gasteiger partial charge >= 0.3 is 11.6 Å². The molecule has 1 aromatic heterocycles. The maximum Gasteiger partial charge on any atom is 0.336 e. The lowest BCUT2D eigenvalue weighted by Crippen LogP contribution is -2.48. The number of carbonyl (C=O) groups excluding carboxylic acids is 1. The second-order valence-electron chi connectivity index (χ2n) is 7.52. The number of carbonyl (C=O) groups is 1. The van der Waals surface area contributed by atoms with Crippen LogP contribution in [0.5, 0.6) is 11.5 Å². The van der Waals surface area contributed by atoms with Crippen LogP contribution in [0.15, 0.2) is 63.8 Å². The van der Waals surface area contributed by atoms with Crippen molar-refractivity contribution >= 4 is 23.0 Å². The standard InChI is InChI=1S/C23H20O6/c1-23(2)20(28-22(26)8-6-14-4-3-5-17(24)10-14)12-16-11-15-7-9-21(25)27-18(15)13-19(16)29-23/h3-11,13,20,24H,12H2,1-2H3/t20-/m1/s1. The molecule has 1 aliphatic rings. The predicted molar refractivity (Wildman–Crippen MR) is 108 cm³/mol. The largest absolute Gasteiger partial charge is 0.508 e. The quantitative estimate of drug-likeness (QED) is 0.414. The molecule has 29 heavy (non-hydrogen) atoms. The Kier molecular flexibility index (Phi) is 4.62. The molecule has 148 valence electrons. The summed E-state index contributed by atoms with van der Waals surface area (Å²) in [5, 5.41) is 10.3. The number of benzene rings is 2. The van der Waals surface area contributed by atoms with E-state index in [2.05, 4.69) is 0 Å². The van der Waals surface area contributed by atoms with E-state index in [1.807, 2.05) is 19.9 Å². The lowest BCUT2D eigenvalue weighted by molar-refractivity contribution is -0.155. The van der Waals surface area contributed by atoms with Gasteiger partial charge in [0.05, 0.1) is 0 Å². The van der Waals surface area contributed by atoms with E-state index in [9.17, 15) is 14.7 Å². The molecule has 3 aromatic rings. The minimum Gasteiger partial charge on any atom is -0.508 e. The van der Waals surface area contributed by atoms with Crippen molar-refractivity contribution in [1.29, 1.82) is 0 Å². The van der Waals surface area contributed by atoms with Gasteiger partial charge in [0.15, 0.2) is 0 Å². The number of hydrogen-bond donors (Lipinski definition) is 1. The average molecular weight is 392 g/mol. The van der Waals surface area contributed by atoms with Crippen LogP contribution in [0.3, 0.4) is 0 Å². The molecule has 6 heteroatoms. The van der Waals surface area contributed by atoms with E-state index >= 15 is 0 Å². The van der Waals surface area contributed by atoms with Gasteiger partial charge in [-0.3, -0.25) is 0 Å². The molecule has 0 saturated carbocycles. The molecule has 2 aromatic carbocycles. The van der Waals surface area contributed by atoms with Crippen LogP contribution in [0, 0.1) is 0 Å². The molecule has 0 saturated heterocycles. The van der Waals surface area contributed by atoms with E-state index in [4.69, 9.17) is 13.9 Å². The Bertz CT molecular complexity index is 1170. The second-order valence-corrected chi connectivity index (χ2v) is 7.52. The zero-order chi connectivity index (χ0) is 20.6. The third kappa shape index (κ3) is 4.01. The van der Waals surface area contributed by atoms with Crippen molar-refractivity contribution in [2.75, 3.05) is 0 Å². The third-order valence-corrected chi connectivity index (χ3v) is 4.90. The van der Waals surface area contributed by atoms with Crippen LogP contribution in [0.1, 0.15) is 25.0 Å². The van der Waals surface area contributed by atoms with Gasteiger partial charge in [-0.1, -0.05) is 12.1 Å². The van der Waals surface area contributed by atoms with Crippen molar-refractivity contribution < 1.29 is 23.8 Å². The van der Waals surface area contributed by atoms with Crippen LogP contribution in [0.25, 0.3) is 17.0 Å². The smallest absolute Gasteiger partial charge is 0.336 e. The lowest BCUT2D eigenvalue weighted by atomic mass is 9.90. The fraction of sp³-hybridized carbons (Fsp3) is 0.217. The Hall–Kier alpha value is -3.54. The molecule has 0 unspecified atom stereocenters. The molecular formula is C23H20O6. The highest BCUT2D eigenvalue weighted by atomic mass is 16.6. The highest BCUT2D eigenvalue weighted by molar-refractivity contribution is 5.87. The van der Waals surface area contributed by atoms with Crippen molar-refractivity contribution in [2.24, 2.45) is 0 Å². The fourth-order valence-electron chi connectivity index (χ4n) is 3.35. The number of fused-ring (bicyclic) bond motifs is 2. The number of phenols is 1. The lowest BCUT2D eigenvalue weighted by Gasteiger charge is -2.39. The van der Waals surface area contributed by atoms with Crippen molar-refractivity contribution in [3.05, 3.63) is 76.2 Å². The van der Waals surface area contributed by atoms with E-state index < -0.39 is 23.3 Å². The van der Waals surface area contributed by atoms with Crippen LogP contribution in [0.4, 0.5) is 0 Å². The van der Waals surface area contributed by atoms with Gasteiger partial charge in [-0.15, -0.1) is 0 Å². The van der Waals surface area contributed by atoms with E-state index in [1.54, 1.807) is 42.5 Å². The Morgan fingerprint density at radius 3 is 2.83 bits per heavy atom. The first kappa shape index (κ1) is 18.8. The van der Waals surface area contributed by atoms with Crippen LogP contribution in [0.2, 0.25) is 0 Å². The highest BCUT2D eigenvalue weighted by Crippen LogP contribution is 2.37. The minimum atomic E-state index is -0.760. The first-order valence-corrected chi connectivity index (χ1v) is 9.24. The van der Waals surface area contributed by atoms with Crippen molar-refractivity contribution in [2.45, 2.75) is 32.0 Å². The number of aromatic hydroxyl groups is 1. The molecule has 1 N–H and O–H groups in total. The summed E-state index contributed by atoms with van der Waals surface area (Å²) in [6.07, 6.45) is 2.89. The molecule has 1 atom stereocenters. The summed E-state index contributed by atoms with van der Waals surface area (Å²) in [5.41, 5.74) is 0.846. The van der Waals surface area contributed by atoms with Crippen molar-refractivity contribution in [3.8, 4) is 11.5 Å². The molecule has 0 amide bonds. The minimum absolute atomic E-state index is 0.127. The summed E-state index contributed by atoms with van der Waals surface area (Å²) in [7, 11) is 0. The Labute approximate surface area is 167 Å². The molecule has 0 radical (unpaired) electrons. The van der Waals surface area contributed by atoms with Gasteiger partial charge in [0, 0.05) is 30.0 Å². The summed E-state index contributed by atoms with van der Waals surface area (Å²) in [6, 6.07) is 13.2. The predicted octanol–water partition coefficient (Wildman–Crippen LogP) is 3.84. The monoisotopic (exact) mass is 392 g/mol. The molecular weight excluding hydrogens is 372 g/mol. The van der Waals surface area contributed by atoms with Gasteiger partial charge in [0.1, 0.15) is 28.8 Å². The number of rotatable bonds is 3. The van der Waals surface area contributed by atoms with E-state index in [0.29, 0.717) is 23.3 Å². The van der Waals surface area contributed by atoms with E-state index in [1.165, 1.54) is 12.1 Å². The molecule has 0 spiro atoms. The Balaban J connectivity index is 1.55. The van der Waals surface area contributed by atoms with E-state index in [0.717, 1.165) is 10.9 Å². The number of esters is 1. The van der Waals surface area contributed by atoms with Gasteiger partial charge in [-0.05, 0) is 55.3 Å². The summed E-state index contributed by atoms with van der Waals surface area (Å²) in [5.74, 6) is 0.242. The molecule has 2 heterocycles. The molecule has 1 aliphatic heterocycles. The number of ether oxygens (including phenoxy) is 2. The second kappa shape index (κ2) is 7.13. The topological polar surface area (TPSA) is 86.0 Å². The van der Waals surface area contributed by atoms with E-state index in [-0.39, 0.29) is 5.75 Å². The summed E-state index contributed by atoms with van der Waals surface area (Å²) < 4.78 is 16.9. The molecule has 0 aliphatic carbocycles. The third-order valence-electron chi connectivity index (χ3n) is 4.90.